The molecule has 0 spiro atoms. The van der Waals surface area contributed by atoms with Crippen LogP contribution < -0.4 is 14.4 Å². The second-order valence-electron chi connectivity index (χ2n) is 8.43. The van der Waals surface area contributed by atoms with Crippen LogP contribution in [0.15, 0.2) is 113 Å². The Kier molecular flexibility index (Phi) is 8.50. The van der Waals surface area contributed by atoms with Crippen LogP contribution in [-0.4, -0.2) is 33.1 Å². The van der Waals surface area contributed by atoms with E-state index in [-0.39, 0.29) is 11.3 Å². The lowest BCUT2D eigenvalue weighted by atomic mass is 10.2. The second kappa shape index (κ2) is 12.0. The van der Waals surface area contributed by atoms with Gasteiger partial charge in [-0.3, -0.25) is 9.10 Å². The van der Waals surface area contributed by atoms with E-state index in [4.69, 9.17) is 4.74 Å². The molecule has 0 heterocycles. The lowest BCUT2D eigenvalue weighted by Gasteiger charge is -2.22. The SMILES string of the molecule is Cc1ccccc1OC(=O)c1cccc(N(CC(=O)Nc2ccccc2Sc2ccccc2)S(C)(=O)=O)c1. The molecule has 0 fully saturated rings. The zero-order valence-electron chi connectivity index (χ0n) is 20.8. The quantitative estimate of drug-likeness (QED) is 0.212. The van der Waals surface area contributed by atoms with Crippen LogP contribution in [0.3, 0.4) is 0 Å². The van der Waals surface area contributed by atoms with Gasteiger partial charge in [0.25, 0.3) is 0 Å². The van der Waals surface area contributed by atoms with E-state index in [9.17, 15) is 18.0 Å². The first kappa shape index (κ1) is 27.0. The smallest absolute Gasteiger partial charge is 0.343 e. The Morgan fingerprint density at radius 2 is 1.55 bits per heavy atom. The Morgan fingerprint density at radius 3 is 2.29 bits per heavy atom. The summed E-state index contributed by atoms with van der Waals surface area (Å²) in [5.74, 6) is -0.746. The van der Waals surface area contributed by atoms with E-state index in [1.807, 2.05) is 61.5 Å². The predicted octanol–water partition coefficient (Wildman–Crippen LogP) is 5.77. The van der Waals surface area contributed by atoms with Crippen LogP contribution in [0, 0.1) is 6.92 Å². The van der Waals surface area contributed by atoms with Crippen molar-refractivity contribution in [1.29, 1.82) is 0 Å². The molecule has 1 amide bonds. The largest absolute Gasteiger partial charge is 0.423 e. The van der Waals surface area contributed by atoms with Gasteiger partial charge in [0.1, 0.15) is 12.3 Å². The molecule has 0 aliphatic heterocycles. The molecule has 194 valence electrons. The molecular weight excluding hydrogens is 520 g/mol. The molecule has 0 atom stereocenters. The number of para-hydroxylation sites is 2. The minimum absolute atomic E-state index is 0.157. The number of amides is 1. The standard InChI is InChI=1S/C29H26N2O5S2/c1-21-11-6-8-17-26(21)36-29(33)22-12-10-13-23(19-22)31(38(2,34)35)20-28(32)30-25-16-7-9-18-27(25)37-24-14-4-3-5-15-24/h3-19H,20H2,1-2H3,(H,30,32). The van der Waals surface area contributed by atoms with Gasteiger partial charge in [0, 0.05) is 9.79 Å². The van der Waals surface area contributed by atoms with E-state index in [1.54, 1.807) is 30.3 Å². The summed E-state index contributed by atoms with van der Waals surface area (Å²) in [7, 11) is -3.86. The summed E-state index contributed by atoms with van der Waals surface area (Å²) < 4.78 is 31.8. The third-order valence-corrected chi connectivity index (χ3v) is 7.71. The molecule has 0 bridgehead atoms. The molecule has 7 nitrogen and oxygen atoms in total. The van der Waals surface area contributed by atoms with Crippen molar-refractivity contribution in [3.05, 3.63) is 114 Å². The number of esters is 1. The third kappa shape index (κ3) is 7.02. The van der Waals surface area contributed by atoms with Crippen molar-refractivity contribution in [1.82, 2.24) is 0 Å². The topological polar surface area (TPSA) is 92.8 Å². The molecule has 0 aliphatic rings. The van der Waals surface area contributed by atoms with Gasteiger partial charge in [0.05, 0.1) is 23.2 Å². The number of carbonyl (C=O) groups is 2. The fraction of sp³-hybridized carbons (Fsp3) is 0.103. The molecule has 4 rings (SSSR count). The maximum atomic E-state index is 13.0. The highest BCUT2D eigenvalue weighted by atomic mass is 32.2. The first-order valence-electron chi connectivity index (χ1n) is 11.7. The van der Waals surface area contributed by atoms with Gasteiger partial charge in [0.15, 0.2) is 0 Å². The van der Waals surface area contributed by atoms with Gasteiger partial charge < -0.3 is 10.1 Å². The lowest BCUT2D eigenvalue weighted by molar-refractivity contribution is -0.114. The Bertz CT molecular complexity index is 1560. The van der Waals surface area contributed by atoms with E-state index >= 15 is 0 Å². The highest BCUT2D eigenvalue weighted by Crippen LogP contribution is 2.33. The first-order chi connectivity index (χ1) is 18.2. The van der Waals surface area contributed by atoms with Crippen LogP contribution in [0.5, 0.6) is 5.75 Å². The molecule has 4 aromatic rings. The number of sulfonamides is 1. The molecular formula is C29H26N2O5S2. The Labute approximate surface area is 226 Å². The second-order valence-corrected chi connectivity index (χ2v) is 11.5. The van der Waals surface area contributed by atoms with E-state index < -0.39 is 28.4 Å². The number of benzene rings is 4. The number of rotatable bonds is 9. The van der Waals surface area contributed by atoms with Gasteiger partial charge in [-0.05, 0) is 61.0 Å². The normalized spacial score (nSPS) is 11.0. The average molecular weight is 547 g/mol. The minimum atomic E-state index is -3.86. The van der Waals surface area contributed by atoms with Crippen molar-refractivity contribution in [2.24, 2.45) is 0 Å². The van der Waals surface area contributed by atoms with Crippen LogP contribution in [-0.2, 0) is 14.8 Å². The molecule has 38 heavy (non-hydrogen) atoms. The Morgan fingerprint density at radius 1 is 0.868 bits per heavy atom. The minimum Gasteiger partial charge on any atom is -0.423 e. The zero-order valence-corrected chi connectivity index (χ0v) is 22.5. The fourth-order valence-electron chi connectivity index (χ4n) is 3.61. The number of hydrogen-bond donors (Lipinski definition) is 1. The summed E-state index contributed by atoms with van der Waals surface area (Å²) in [5, 5.41) is 2.82. The van der Waals surface area contributed by atoms with E-state index in [2.05, 4.69) is 5.32 Å². The summed E-state index contributed by atoms with van der Waals surface area (Å²) in [4.78, 5) is 27.6. The van der Waals surface area contributed by atoms with Crippen LogP contribution >= 0.6 is 11.8 Å². The van der Waals surface area contributed by atoms with Crippen LogP contribution in [0.25, 0.3) is 0 Å². The molecule has 9 heteroatoms. The van der Waals surface area contributed by atoms with Gasteiger partial charge in [-0.15, -0.1) is 0 Å². The summed E-state index contributed by atoms with van der Waals surface area (Å²) >= 11 is 1.49. The zero-order chi connectivity index (χ0) is 27.1. The molecule has 0 saturated carbocycles. The summed E-state index contributed by atoms with van der Waals surface area (Å²) in [6, 6.07) is 30.1. The molecule has 0 unspecified atom stereocenters. The molecule has 0 radical (unpaired) electrons. The molecule has 0 saturated heterocycles. The van der Waals surface area contributed by atoms with Crippen molar-refractivity contribution in [3.8, 4) is 5.75 Å². The number of anilines is 2. The average Bonchev–Trinajstić information content (AvgIpc) is 2.90. The van der Waals surface area contributed by atoms with E-state index in [0.29, 0.717) is 11.4 Å². The van der Waals surface area contributed by atoms with Crippen molar-refractivity contribution in [2.75, 3.05) is 22.4 Å². The van der Waals surface area contributed by atoms with Crippen molar-refractivity contribution in [3.63, 3.8) is 0 Å². The number of carbonyl (C=O) groups excluding carboxylic acids is 2. The number of aryl methyl sites for hydroxylation is 1. The van der Waals surface area contributed by atoms with Crippen molar-refractivity contribution < 1.29 is 22.7 Å². The number of ether oxygens (including phenoxy) is 1. The number of hydrogen-bond acceptors (Lipinski definition) is 6. The van der Waals surface area contributed by atoms with Gasteiger partial charge in [-0.25, -0.2) is 13.2 Å². The molecule has 0 aliphatic carbocycles. The van der Waals surface area contributed by atoms with E-state index in [1.165, 1.54) is 30.0 Å². The fourth-order valence-corrected chi connectivity index (χ4v) is 5.38. The van der Waals surface area contributed by atoms with Gasteiger partial charge in [-0.2, -0.15) is 0 Å². The monoisotopic (exact) mass is 546 g/mol. The van der Waals surface area contributed by atoms with Crippen LogP contribution in [0.1, 0.15) is 15.9 Å². The Hall–Kier alpha value is -4.08. The molecule has 4 aromatic carbocycles. The summed E-state index contributed by atoms with van der Waals surface area (Å²) in [6.45, 7) is 1.35. The maximum Gasteiger partial charge on any atom is 0.343 e. The van der Waals surface area contributed by atoms with Gasteiger partial charge >= 0.3 is 5.97 Å². The molecule has 0 aromatic heterocycles. The van der Waals surface area contributed by atoms with Crippen LogP contribution in [0.2, 0.25) is 0 Å². The highest BCUT2D eigenvalue weighted by molar-refractivity contribution is 7.99. The molecule has 1 N–H and O–H groups in total. The third-order valence-electron chi connectivity index (χ3n) is 5.49. The van der Waals surface area contributed by atoms with Gasteiger partial charge in [-0.1, -0.05) is 66.4 Å². The van der Waals surface area contributed by atoms with Gasteiger partial charge in [0.2, 0.25) is 15.9 Å². The maximum absolute atomic E-state index is 13.0. The summed E-state index contributed by atoms with van der Waals surface area (Å²) in [6.07, 6.45) is 1.01. The lowest BCUT2D eigenvalue weighted by Crippen LogP contribution is -2.37. The van der Waals surface area contributed by atoms with Crippen molar-refractivity contribution in [2.45, 2.75) is 16.7 Å². The van der Waals surface area contributed by atoms with Crippen molar-refractivity contribution >= 4 is 45.0 Å². The Balaban J connectivity index is 1.52. The van der Waals surface area contributed by atoms with Crippen LogP contribution in [0.4, 0.5) is 11.4 Å². The first-order valence-corrected chi connectivity index (χ1v) is 14.3. The number of nitrogens with one attached hydrogen (secondary N) is 1. The van der Waals surface area contributed by atoms with E-state index in [0.717, 1.165) is 25.9 Å². The number of nitrogens with zero attached hydrogens (tertiary/aromatic N) is 1. The summed E-state index contributed by atoms with van der Waals surface area (Å²) in [5.41, 5.74) is 1.69. The highest BCUT2D eigenvalue weighted by Gasteiger charge is 2.23. The predicted molar refractivity (Wildman–Crippen MR) is 150 cm³/mol.